The Hall–Kier alpha value is -4.06. The number of nitrogens with one attached hydrogen (secondary N) is 1. The topological polar surface area (TPSA) is 65.4 Å². The van der Waals surface area contributed by atoms with Gasteiger partial charge in [-0.2, -0.15) is 5.10 Å². The minimum absolute atomic E-state index is 0.249. The van der Waals surface area contributed by atoms with Gasteiger partial charge in [0, 0.05) is 24.5 Å². The van der Waals surface area contributed by atoms with Crippen molar-refractivity contribution in [3.63, 3.8) is 0 Å². The third kappa shape index (κ3) is 4.33. The largest absolute Gasteiger partial charge is 0.496 e. The van der Waals surface area contributed by atoms with Gasteiger partial charge in [0.15, 0.2) is 0 Å². The maximum atomic E-state index is 12.8. The highest BCUT2D eigenvalue weighted by molar-refractivity contribution is 6.06. The van der Waals surface area contributed by atoms with Crippen molar-refractivity contribution in [2.45, 2.75) is 0 Å². The highest BCUT2D eigenvalue weighted by Gasteiger charge is 2.14. The van der Waals surface area contributed by atoms with Crippen molar-refractivity contribution in [3.8, 4) is 28.4 Å². The van der Waals surface area contributed by atoms with E-state index in [0.29, 0.717) is 22.7 Å². The van der Waals surface area contributed by atoms with Crippen LogP contribution in [-0.4, -0.2) is 22.8 Å². The van der Waals surface area contributed by atoms with E-state index in [4.69, 9.17) is 9.47 Å². The number of hydrogen-bond donors (Lipinski definition) is 1. The summed E-state index contributed by atoms with van der Waals surface area (Å²) in [5.41, 5.74) is 3.00. The summed E-state index contributed by atoms with van der Waals surface area (Å²) in [6.07, 6.45) is 3.68. The number of aromatic nitrogens is 2. The monoisotopic (exact) mass is 399 g/mol. The zero-order chi connectivity index (χ0) is 20.9. The number of amides is 1. The van der Waals surface area contributed by atoms with Crippen LogP contribution in [0.4, 0.5) is 5.69 Å². The van der Waals surface area contributed by atoms with Crippen molar-refractivity contribution in [1.82, 2.24) is 9.78 Å². The van der Waals surface area contributed by atoms with Crippen molar-refractivity contribution < 1.29 is 14.3 Å². The van der Waals surface area contributed by atoms with E-state index in [1.54, 1.807) is 36.2 Å². The number of aryl methyl sites for hydroxylation is 1. The molecule has 0 aliphatic heterocycles. The molecular weight excluding hydrogens is 378 g/mol. The van der Waals surface area contributed by atoms with Crippen LogP contribution in [0.1, 0.15) is 10.4 Å². The number of hydrogen-bond acceptors (Lipinski definition) is 4. The first-order valence-corrected chi connectivity index (χ1v) is 9.44. The third-order valence-corrected chi connectivity index (χ3v) is 4.58. The first-order valence-electron chi connectivity index (χ1n) is 9.44. The Kier molecular flexibility index (Phi) is 5.48. The summed E-state index contributed by atoms with van der Waals surface area (Å²) < 4.78 is 13.0. The number of methoxy groups -OCH3 is 1. The fraction of sp³-hybridized carbons (Fsp3) is 0.0833. The van der Waals surface area contributed by atoms with Crippen molar-refractivity contribution in [1.29, 1.82) is 0 Å². The van der Waals surface area contributed by atoms with Crippen LogP contribution in [0.15, 0.2) is 85.2 Å². The molecule has 3 aromatic carbocycles. The van der Waals surface area contributed by atoms with Gasteiger partial charge in [0.25, 0.3) is 5.91 Å². The Labute approximate surface area is 174 Å². The molecule has 150 valence electrons. The number of para-hydroxylation sites is 1. The Bertz CT molecular complexity index is 1150. The maximum Gasteiger partial charge on any atom is 0.259 e. The summed E-state index contributed by atoms with van der Waals surface area (Å²) in [4.78, 5) is 12.8. The predicted molar refractivity (Wildman–Crippen MR) is 116 cm³/mol. The summed E-state index contributed by atoms with van der Waals surface area (Å²) in [7, 11) is 3.41. The van der Waals surface area contributed by atoms with Crippen LogP contribution in [0.5, 0.6) is 17.2 Å². The van der Waals surface area contributed by atoms with Gasteiger partial charge in [-0.15, -0.1) is 0 Å². The van der Waals surface area contributed by atoms with Gasteiger partial charge in [0.1, 0.15) is 17.2 Å². The molecule has 0 saturated carbocycles. The van der Waals surface area contributed by atoms with Gasteiger partial charge in [-0.25, -0.2) is 0 Å². The molecule has 1 N–H and O–H groups in total. The summed E-state index contributed by atoms with van der Waals surface area (Å²) in [5.74, 6) is 1.70. The fourth-order valence-electron chi connectivity index (χ4n) is 3.06. The van der Waals surface area contributed by atoms with Crippen LogP contribution >= 0.6 is 0 Å². The average Bonchev–Trinajstić information content (AvgIpc) is 3.21. The lowest BCUT2D eigenvalue weighted by Gasteiger charge is -2.11. The molecule has 30 heavy (non-hydrogen) atoms. The van der Waals surface area contributed by atoms with Crippen molar-refractivity contribution in [2.24, 2.45) is 7.05 Å². The van der Waals surface area contributed by atoms with E-state index in [1.807, 2.05) is 67.8 Å². The fourth-order valence-corrected chi connectivity index (χ4v) is 3.06. The van der Waals surface area contributed by atoms with Gasteiger partial charge in [0.2, 0.25) is 0 Å². The van der Waals surface area contributed by atoms with Gasteiger partial charge in [-0.1, -0.05) is 24.3 Å². The highest BCUT2D eigenvalue weighted by atomic mass is 16.5. The second kappa shape index (κ2) is 8.53. The predicted octanol–water partition coefficient (Wildman–Crippen LogP) is 5.14. The van der Waals surface area contributed by atoms with E-state index in [0.717, 1.165) is 16.9 Å². The van der Waals surface area contributed by atoms with E-state index < -0.39 is 0 Å². The molecule has 6 heteroatoms. The number of nitrogens with zero attached hydrogens (tertiary/aromatic N) is 2. The van der Waals surface area contributed by atoms with Crippen molar-refractivity contribution in [3.05, 3.63) is 90.8 Å². The Balaban J connectivity index is 1.48. The number of benzene rings is 3. The molecule has 1 heterocycles. The molecule has 0 unspecified atom stereocenters. The molecule has 0 bridgehead atoms. The molecule has 0 aliphatic rings. The van der Waals surface area contributed by atoms with E-state index in [9.17, 15) is 4.79 Å². The van der Waals surface area contributed by atoms with E-state index in [2.05, 4.69) is 10.4 Å². The van der Waals surface area contributed by atoms with Crippen LogP contribution in [0, 0.1) is 0 Å². The first kappa shape index (κ1) is 19.3. The average molecular weight is 399 g/mol. The number of rotatable bonds is 6. The molecule has 4 aromatic rings. The highest BCUT2D eigenvalue weighted by Crippen LogP contribution is 2.28. The number of anilines is 1. The smallest absolute Gasteiger partial charge is 0.259 e. The quantitative estimate of drug-likeness (QED) is 0.488. The van der Waals surface area contributed by atoms with Crippen LogP contribution < -0.4 is 14.8 Å². The van der Waals surface area contributed by atoms with Crippen molar-refractivity contribution >= 4 is 11.6 Å². The summed E-state index contributed by atoms with van der Waals surface area (Å²) >= 11 is 0. The van der Waals surface area contributed by atoms with Gasteiger partial charge in [-0.05, 0) is 54.1 Å². The third-order valence-electron chi connectivity index (χ3n) is 4.58. The lowest BCUT2D eigenvalue weighted by Crippen LogP contribution is -2.13. The number of carbonyl (C=O) groups excluding carboxylic acids is 1. The molecule has 0 fully saturated rings. The van der Waals surface area contributed by atoms with Gasteiger partial charge >= 0.3 is 0 Å². The molecule has 6 nitrogen and oxygen atoms in total. The number of ether oxygens (including phenoxy) is 2. The Morgan fingerprint density at radius 2 is 1.67 bits per heavy atom. The van der Waals surface area contributed by atoms with Crippen molar-refractivity contribution in [2.75, 3.05) is 12.4 Å². The minimum Gasteiger partial charge on any atom is -0.496 e. The lowest BCUT2D eigenvalue weighted by molar-refractivity contribution is 0.102. The normalized spacial score (nSPS) is 10.5. The van der Waals surface area contributed by atoms with Crippen LogP contribution in [0.2, 0.25) is 0 Å². The first-order chi connectivity index (χ1) is 14.6. The minimum atomic E-state index is -0.249. The van der Waals surface area contributed by atoms with Gasteiger partial charge in [-0.3, -0.25) is 9.48 Å². The molecule has 0 spiro atoms. The standard InChI is InChI=1S/C24H21N3O3/c1-27-16-18(15-25-27)17-8-13-22(23(14-17)29-2)24(28)26-19-9-11-21(12-10-19)30-20-6-4-3-5-7-20/h3-16H,1-2H3,(H,26,28). The Morgan fingerprint density at radius 1 is 0.933 bits per heavy atom. The summed E-state index contributed by atoms with van der Waals surface area (Å²) in [5, 5.41) is 7.08. The second-order valence-electron chi connectivity index (χ2n) is 6.71. The molecule has 0 radical (unpaired) electrons. The second-order valence-corrected chi connectivity index (χ2v) is 6.71. The maximum absolute atomic E-state index is 12.8. The Morgan fingerprint density at radius 3 is 2.33 bits per heavy atom. The molecule has 0 aliphatic carbocycles. The van der Waals surface area contributed by atoms with Gasteiger partial charge in [0.05, 0.1) is 18.9 Å². The zero-order valence-electron chi connectivity index (χ0n) is 16.7. The molecule has 4 rings (SSSR count). The summed E-state index contributed by atoms with van der Waals surface area (Å²) in [6.45, 7) is 0. The van der Waals surface area contributed by atoms with Crippen LogP contribution in [0.25, 0.3) is 11.1 Å². The lowest BCUT2D eigenvalue weighted by atomic mass is 10.1. The SMILES string of the molecule is COc1cc(-c2cnn(C)c2)ccc1C(=O)Nc1ccc(Oc2ccccc2)cc1. The molecule has 1 amide bonds. The van der Waals surface area contributed by atoms with E-state index in [1.165, 1.54) is 0 Å². The van der Waals surface area contributed by atoms with Gasteiger partial charge < -0.3 is 14.8 Å². The van der Waals surface area contributed by atoms with Crippen LogP contribution in [0.3, 0.4) is 0 Å². The summed E-state index contributed by atoms with van der Waals surface area (Å²) in [6, 6.07) is 22.2. The molecule has 0 saturated heterocycles. The molecular formula is C24H21N3O3. The molecule has 1 aromatic heterocycles. The van der Waals surface area contributed by atoms with E-state index in [-0.39, 0.29) is 5.91 Å². The number of carbonyl (C=O) groups is 1. The van der Waals surface area contributed by atoms with E-state index >= 15 is 0 Å². The molecule has 0 atom stereocenters. The zero-order valence-corrected chi connectivity index (χ0v) is 16.7. The van der Waals surface area contributed by atoms with Crippen LogP contribution in [-0.2, 0) is 7.05 Å².